The quantitative estimate of drug-likeness (QED) is 0.377. The number of nitrogen functional groups attached to an aromatic ring is 2. The van der Waals surface area contributed by atoms with Crippen molar-refractivity contribution in [1.29, 1.82) is 5.26 Å². The van der Waals surface area contributed by atoms with Gasteiger partial charge in [-0.05, 0) is 48.1 Å². The van der Waals surface area contributed by atoms with Crippen molar-refractivity contribution in [2.45, 2.75) is 20.3 Å². The molecule has 0 amide bonds. The molecule has 4 N–H and O–H groups in total. The zero-order valence-electron chi connectivity index (χ0n) is 20.1. The highest BCUT2D eigenvalue weighted by Gasteiger charge is 2.14. The first kappa shape index (κ1) is 24.2. The van der Waals surface area contributed by atoms with Gasteiger partial charge in [0, 0.05) is 11.4 Å². The first-order chi connectivity index (χ1) is 17.4. The summed E-state index contributed by atoms with van der Waals surface area (Å²) in [6, 6.07) is 28.3. The number of aromatic nitrogens is 3. The minimum Gasteiger partial charge on any atom is -0.382 e. The second kappa shape index (κ2) is 10.5. The Morgan fingerprint density at radius 1 is 0.972 bits per heavy atom. The summed E-state index contributed by atoms with van der Waals surface area (Å²) in [5.74, 6) is 0.200. The highest BCUT2D eigenvalue weighted by Crippen LogP contribution is 2.28. The first-order valence-corrected chi connectivity index (χ1v) is 11.5. The van der Waals surface area contributed by atoms with Gasteiger partial charge >= 0.3 is 0 Å². The lowest BCUT2D eigenvalue weighted by molar-refractivity contribution is 0.889. The third kappa shape index (κ3) is 4.93. The van der Waals surface area contributed by atoms with Crippen molar-refractivity contribution in [1.82, 2.24) is 14.5 Å². The number of benzene rings is 3. The molecule has 0 radical (unpaired) electrons. The molecule has 0 saturated heterocycles. The van der Waals surface area contributed by atoms with Crippen molar-refractivity contribution < 1.29 is 0 Å². The number of hydrogen-bond donors (Lipinski definition) is 2. The standard InChI is InChI=1S/C24H21NO.C5H5N5/c1-3-20-16-19-8-7-11-22(18-14-12-17(2)13-15-18)23(19)24(26)25(20)21-9-5-4-6-10-21;6-1-3-2-9-5(8)10-4(3)7/h4-16H,3H2,1-2H3;2H,(H4,7,8,9,10). The van der Waals surface area contributed by atoms with Crippen LogP contribution in [-0.2, 0) is 6.42 Å². The van der Waals surface area contributed by atoms with Crippen molar-refractivity contribution in [3.63, 3.8) is 0 Å². The Balaban J connectivity index is 0.000000256. The second-order valence-corrected chi connectivity index (χ2v) is 8.24. The lowest BCUT2D eigenvalue weighted by Gasteiger charge is -2.15. The van der Waals surface area contributed by atoms with E-state index in [9.17, 15) is 4.79 Å². The number of rotatable bonds is 3. The molecule has 0 spiro atoms. The summed E-state index contributed by atoms with van der Waals surface area (Å²) in [4.78, 5) is 20.7. The van der Waals surface area contributed by atoms with Gasteiger partial charge in [0.2, 0.25) is 5.95 Å². The SMILES string of the molecule is CCc1cc2cccc(-c3ccc(C)cc3)c2c(=O)n1-c1ccccc1.N#Cc1cnc(N)nc1N. The molecule has 0 unspecified atom stereocenters. The molecule has 0 aliphatic rings. The Kier molecular flexibility index (Phi) is 7.07. The Labute approximate surface area is 209 Å². The van der Waals surface area contributed by atoms with Gasteiger partial charge in [-0.2, -0.15) is 10.2 Å². The van der Waals surface area contributed by atoms with Gasteiger partial charge < -0.3 is 11.5 Å². The molecule has 2 aromatic heterocycles. The number of para-hydroxylation sites is 1. The Morgan fingerprint density at radius 2 is 1.69 bits per heavy atom. The maximum atomic E-state index is 13.5. The lowest BCUT2D eigenvalue weighted by Crippen LogP contribution is -2.22. The molecule has 5 aromatic rings. The van der Waals surface area contributed by atoms with Crippen molar-refractivity contribution in [3.8, 4) is 22.9 Å². The second-order valence-electron chi connectivity index (χ2n) is 8.24. The summed E-state index contributed by atoms with van der Waals surface area (Å²) in [7, 11) is 0. The van der Waals surface area contributed by atoms with Gasteiger partial charge in [0.15, 0.2) is 0 Å². The molecule has 0 bridgehead atoms. The predicted octanol–water partition coefficient (Wildman–Crippen LogP) is 5.04. The molecule has 0 atom stereocenters. The van der Waals surface area contributed by atoms with Gasteiger partial charge in [-0.3, -0.25) is 9.36 Å². The van der Waals surface area contributed by atoms with Crippen molar-refractivity contribution >= 4 is 22.5 Å². The highest BCUT2D eigenvalue weighted by atomic mass is 16.1. The van der Waals surface area contributed by atoms with E-state index in [1.807, 2.05) is 59.2 Å². The molecule has 7 nitrogen and oxygen atoms in total. The van der Waals surface area contributed by atoms with Gasteiger partial charge in [-0.25, -0.2) is 4.98 Å². The summed E-state index contributed by atoms with van der Waals surface area (Å²) in [5, 5.41) is 10.1. The molecule has 0 aliphatic heterocycles. The number of hydrogen-bond acceptors (Lipinski definition) is 6. The molecule has 36 heavy (non-hydrogen) atoms. The topological polar surface area (TPSA) is 124 Å². The summed E-state index contributed by atoms with van der Waals surface area (Å²) >= 11 is 0. The van der Waals surface area contributed by atoms with E-state index in [0.29, 0.717) is 0 Å². The molecule has 178 valence electrons. The van der Waals surface area contributed by atoms with Crippen LogP contribution in [0.15, 0.2) is 89.9 Å². The van der Waals surface area contributed by atoms with Crippen LogP contribution in [-0.4, -0.2) is 14.5 Å². The summed E-state index contributed by atoms with van der Waals surface area (Å²) in [5.41, 5.74) is 15.9. The molecule has 2 heterocycles. The van der Waals surface area contributed by atoms with E-state index in [1.54, 1.807) is 0 Å². The van der Waals surface area contributed by atoms with E-state index in [2.05, 4.69) is 54.1 Å². The van der Waals surface area contributed by atoms with Gasteiger partial charge in [-0.1, -0.05) is 73.2 Å². The van der Waals surface area contributed by atoms with Crippen LogP contribution in [0, 0.1) is 18.3 Å². The molecule has 0 aliphatic carbocycles. The third-order valence-electron chi connectivity index (χ3n) is 5.82. The molecule has 5 rings (SSSR count). The van der Waals surface area contributed by atoms with E-state index >= 15 is 0 Å². The molecular weight excluding hydrogens is 448 g/mol. The van der Waals surface area contributed by atoms with Crippen LogP contribution in [0.3, 0.4) is 0 Å². The number of anilines is 2. The van der Waals surface area contributed by atoms with E-state index in [1.165, 1.54) is 11.8 Å². The number of nitrogens with two attached hydrogens (primary N) is 2. The summed E-state index contributed by atoms with van der Waals surface area (Å²) in [6.07, 6.45) is 2.09. The monoisotopic (exact) mass is 474 g/mol. The van der Waals surface area contributed by atoms with Crippen molar-refractivity contribution in [2.75, 3.05) is 11.5 Å². The average Bonchev–Trinajstić information content (AvgIpc) is 2.89. The Bertz CT molecular complexity index is 1620. The van der Waals surface area contributed by atoms with Gasteiger partial charge in [0.1, 0.15) is 17.5 Å². The molecule has 7 heteroatoms. The molecule has 3 aromatic carbocycles. The van der Waals surface area contributed by atoms with Crippen LogP contribution < -0.4 is 17.0 Å². The van der Waals surface area contributed by atoms with Crippen LogP contribution >= 0.6 is 0 Å². The average molecular weight is 475 g/mol. The minimum absolute atomic E-state index is 0.0433. The van der Waals surface area contributed by atoms with Gasteiger partial charge in [-0.15, -0.1) is 0 Å². The normalized spacial score (nSPS) is 10.4. The maximum absolute atomic E-state index is 13.5. The van der Waals surface area contributed by atoms with Crippen LogP contribution in [0.1, 0.15) is 23.7 Å². The fraction of sp³-hybridized carbons (Fsp3) is 0.103. The summed E-state index contributed by atoms with van der Waals surface area (Å²) < 4.78 is 1.85. The predicted molar refractivity (Wildman–Crippen MR) is 145 cm³/mol. The summed E-state index contributed by atoms with van der Waals surface area (Å²) in [6.45, 7) is 4.16. The van der Waals surface area contributed by atoms with Crippen LogP contribution in [0.4, 0.5) is 11.8 Å². The number of aryl methyl sites for hydroxylation is 2. The van der Waals surface area contributed by atoms with Crippen LogP contribution in [0.5, 0.6) is 0 Å². The van der Waals surface area contributed by atoms with Crippen LogP contribution in [0.2, 0.25) is 0 Å². The smallest absolute Gasteiger partial charge is 0.263 e. The number of nitriles is 1. The number of fused-ring (bicyclic) bond motifs is 1. The van der Waals surface area contributed by atoms with Gasteiger partial charge in [0.05, 0.1) is 11.6 Å². The largest absolute Gasteiger partial charge is 0.382 e. The van der Waals surface area contributed by atoms with E-state index in [4.69, 9.17) is 16.7 Å². The maximum Gasteiger partial charge on any atom is 0.263 e. The fourth-order valence-electron chi connectivity index (χ4n) is 4.00. The fourth-order valence-corrected chi connectivity index (χ4v) is 4.00. The van der Waals surface area contributed by atoms with E-state index in [0.717, 1.165) is 39.7 Å². The lowest BCUT2D eigenvalue weighted by atomic mass is 9.97. The third-order valence-corrected chi connectivity index (χ3v) is 5.82. The van der Waals surface area contributed by atoms with Gasteiger partial charge in [0.25, 0.3) is 5.56 Å². The van der Waals surface area contributed by atoms with E-state index < -0.39 is 0 Å². The van der Waals surface area contributed by atoms with Crippen molar-refractivity contribution in [3.05, 3.63) is 112 Å². The van der Waals surface area contributed by atoms with E-state index in [-0.39, 0.29) is 22.9 Å². The number of nitrogens with zero attached hydrogens (tertiary/aromatic N) is 4. The minimum atomic E-state index is 0.0433. The zero-order chi connectivity index (χ0) is 25.7. The highest BCUT2D eigenvalue weighted by molar-refractivity contribution is 5.96. The van der Waals surface area contributed by atoms with Crippen molar-refractivity contribution in [2.24, 2.45) is 0 Å². The zero-order valence-corrected chi connectivity index (χ0v) is 20.1. The molecule has 0 saturated carbocycles. The molecular formula is C29H26N6O. The first-order valence-electron chi connectivity index (χ1n) is 11.5. The molecule has 0 fully saturated rings. The van der Waals surface area contributed by atoms with Crippen LogP contribution in [0.25, 0.3) is 27.6 Å². The number of pyridine rings is 1. The Morgan fingerprint density at radius 3 is 2.33 bits per heavy atom. The Hall–Kier alpha value is -4.96.